The summed E-state index contributed by atoms with van der Waals surface area (Å²) in [7, 11) is 2.01. The van der Waals surface area contributed by atoms with E-state index in [4.69, 9.17) is 0 Å². The minimum atomic E-state index is 0.223. The van der Waals surface area contributed by atoms with Crippen LogP contribution >= 0.6 is 0 Å². The molecule has 0 aliphatic heterocycles. The highest BCUT2D eigenvalue weighted by molar-refractivity contribution is 5.06. The molecule has 2 rings (SSSR count). The summed E-state index contributed by atoms with van der Waals surface area (Å²) in [4.78, 5) is 0. The third-order valence-electron chi connectivity index (χ3n) is 4.98. The Kier molecular flexibility index (Phi) is 5.48. The highest BCUT2D eigenvalue weighted by Crippen LogP contribution is 2.37. The first-order valence-corrected chi connectivity index (χ1v) is 8.60. The molecule has 0 spiro atoms. The summed E-state index contributed by atoms with van der Waals surface area (Å²) < 4.78 is 1.93. The van der Waals surface area contributed by atoms with Crippen molar-refractivity contribution in [1.82, 2.24) is 15.1 Å². The van der Waals surface area contributed by atoms with Crippen molar-refractivity contribution in [2.45, 2.75) is 65.3 Å². The predicted molar refractivity (Wildman–Crippen MR) is 89.3 cm³/mol. The zero-order chi connectivity index (χ0) is 15.5. The predicted octanol–water partition coefficient (Wildman–Crippen LogP) is 3.79. The Morgan fingerprint density at radius 3 is 2.62 bits per heavy atom. The van der Waals surface area contributed by atoms with Gasteiger partial charge in [-0.05, 0) is 69.9 Å². The maximum Gasteiger partial charge on any atom is 0.0521 e. The quantitative estimate of drug-likeness (QED) is 0.894. The Morgan fingerprint density at radius 2 is 2.05 bits per heavy atom. The zero-order valence-corrected chi connectivity index (χ0v) is 14.5. The van der Waals surface area contributed by atoms with Gasteiger partial charge in [-0.1, -0.05) is 19.8 Å². The van der Waals surface area contributed by atoms with Crippen LogP contribution in [-0.4, -0.2) is 21.9 Å². The molecule has 3 nitrogen and oxygen atoms in total. The smallest absolute Gasteiger partial charge is 0.0521 e. The summed E-state index contributed by atoms with van der Waals surface area (Å²) in [5.74, 6) is 2.55. The third kappa shape index (κ3) is 5.14. The molecular formula is C18H33N3. The fourth-order valence-corrected chi connectivity index (χ4v) is 3.63. The summed E-state index contributed by atoms with van der Waals surface area (Å²) in [5, 5.41) is 8.06. The molecule has 3 atom stereocenters. The molecule has 1 aliphatic carbocycles. The van der Waals surface area contributed by atoms with E-state index in [2.05, 4.69) is 44.3 Å². The normalized spacial score (nSPS) is 27.0. The van der Waals surface area contributed by atoms with Crippen LogP contribution in [0.2, 0.25) is 0 Å². The Labute approximate surface area is 130 Å². The van der Waals surface area contributed by atoms with Gasteiger partial charge in [0, 0.05) is 18.8 Å². The molecule has 120 valence electrons. The van der Waals surface area contributed by atoms with Crippen LogP contribution in [0.5, 0.6) is 0 Å². The average molecular weight is 291 g/mol. The van der Waals surface area contributed by atoms with E-state index in [0.717, 1.165) is 24.3 Å². The van der Waals surface area contributed by atoms with Crippen LogP contribution in [-0.2, 0) is 13.5 Å². The molecule has 1 saturated carbocycles. The molecule has 0 radical (unpaired) electrons. The first kappa shape index (κ1) is 16.5. The van der Waals surface area contributed by atoms with E-state index >= 15 is 0 Å². The van der Waals surface area contributed by atoms with Crippen LogP contribution in [0, 0.1) is 17.8 Å². The summed E-state index contributed by atoms with van der Waals surface area (Å²) >= 11 is 0. The summed E-state index contributed by atoms with van der Waals surface area (Å²) in [6.45, 7) is 10.3. The fraction of sp³-hybridized carbons (Fsp3) is 0.833. The molecule has 21 heavy (non-hydrogen) atoms. The molecule has 0 aromatic carbocycles. The molecule has 0 amide bonds. The minimum Gasteiger partial charge on any atom is -0.312 e. The van der Waals surface area contributed by atoms with Crippen molar-refractivity contribution in [2.75, 3.05) is 6.54 Å². The second kappa shape index (κ2) is 6.95. The van der Waals surface area contributed by atoms with Crippen molar-refractivity contribution >= 4 is 0 Å². The molecule has 0 bridgehead atoms. The zero-order valence-electron chi connectivity index (χ0n) is 14.5. The van der Waals surface area contributed by atoms with Crippen molar-refractivity contribution in [3.05, 3.63) is 18.0 Å². The Bertz CT molecular complexity index is 430. The van der Waals surface area contributed by atoms with E-state index in [1.54, 1.807) is 0 Å². The average Bonchev–Trinajstić information content (AvgIpc) is 2.81. The van der Waals surface area contributed by atoms with Crippen molar-refractivity contribution in [3.63, 3.8) is 0 Å². The molecule has 1 heterocycles. The van der Waals surface area contributed by atoms with E-state index in [9.17, 15) is 0 Å². The van der Waals surface area contributed by atoms with E-state index in [-0.39, 0.29) is 5.54 Å². The Balaban J connectivity index is 1.99. The summed E-state index contributed by atoms with van der Waals surface area (Å²) in [6.07, 6.45) is 10.9. The number of aromatic nitrogens is 2. The number of nitrogens with one attached hydrogen (secondary N) is 1. The van der Waals surface area contributed by atoms with Crippen LogP contribution in [0.25, 0.3) is 0 Å². The van der Waals surface area contributed by atoms with Gasteiger partial charge in [-0.15, -0.1) is 0 Å². The molecule has 0 saturated heterocycles. The molecule has 1 aliphatic rings. The lowest BCUT2D eigenvalue weighted by molar-refractivity contribution is 0.163. The monoisotopic (exact) mass is 291 g/mol. The number of rotatable bonds is 5. The van der Waals surface area contributed by atoms with Gasteiger partial charge in [0.15, 0.2) is 0 Å². The molecule has 1 fully saturated rings. The number of hydrogen-bond acceptors (Lipinski definition) is 2. The van der Waals surface area contributed by atoms with Gasteiger partial charge in [-0.3, -0.25) is 4.68 Å². The number of nitrogens with zero attached hydrogens (tertiary/aromatic N) is 2. The van der Waals surface area contributed by atoms with E-state index in [0.29, 0.717) is 0 Å². The lowest BCUT2D eigenvalue weighted by Crippen LogP contribution is -2.42. The van der Waals surface area contributed by atoms with Gasteiger partial charge < -0.3 is 5.32 Å². The van der Waals surface area contributed by atoms with E-state index in [1.165, 1.54) is 37.7 Å². The second-order valence-electron chi connectivity index (χ2n) is 7.96. The first-order chi connectivity index (χ1) is 9.87. The SMILES string of the molecule is CCC1CCC(CNC(C)(C)C)C(Cc2cnn(C)c2)C1. The largest absolute Gasteiger partial charge is 0.312 e. The van der Waals surface area contributed by atoms with Crippen molar-refractivity contribution in [3.8, 4) is 0 Å². The van der Waals surface area contributed by atoms with Gasteiger partial charge in [-0.25, -0.2) is 0 Å². The summed E-state index contributed by atoms with van der Waals surface area (Å²) in [6, 6.07) is 0. The van der Waals surface area contributed by atoms with Crippen molar-refractivity contribution in [2.24, 2.45) is 24.8 Å². The van der Waals surface area contributed by atoms with Crippen molar-refractivity contribution in [1.29, 1.82) is 0 Å². The molecule has 3 heteroatoms. The van der Waals surface area contributed by atoms with Gasteiger partial charge in [0.05, 0.1) is 6.20 Å². The lowest BCUT2D eigenvalue weighted by Gasteiger charge is -2.37. The number of aryl methyl sites for hydroxylation is 1. The van der Waals surface area contributed by atoms with Crippen LogP contribution in [0.15, 0.2) is 12.4 Å². The van der Waals surface area contributed by atoms with E-state index < -0.39 is 0 Å². The van der Waals surface area contributed by atoms with Crippen LogP contribution in [0.1, 0.15) is 58.9 Å². The van der Waals surface area contributed by atoms with Crippen molar-refractivity contribution < 1.29 is 0 Å². The highest BCUT2D eigenvalue weighted by atomic mass is 15.2. The lowest BCUT2D eigenvalue weighted by atomic mass is 9.71. The Hall–Kier alpha value is -0.830. The van der Waals surface area contributed by atoms with Crippen LogP contribution < -0.4 is 5.32 Å². The molecule has 1 aromatic rings. The van der Waals surface area contributed by atoms with Gasteiger partial charge in [0.2, 0.25) is 0 Å². The second-order valence-corrected chi connectivity index (χ2v) is 7.96. The standard InChI is InChI=1S/C18H33N3/c1-6-14-7-8-16(12-19-18(2,3)4)17(9-14)10-15-11-20-21(5)13-15/h11,13-14,16-17,19H,6-10,12H2,1-5H3. The Morgan fingerprint density at radius 1 is 1.29 bits per heavy atom. The van der Waals surface area contributed by atoms with Gasteiger partial charge in [0.1, 0.15) is 0 Å². The molecule has 1 N–H and O–H groups in total. The van der Waals surface area contributed by atoms with Crippen LogP contribution in [0.4, 0.5) is 0 Å². The molecule has 1 aromatic heterocycles. The highest BCUT2D eigenvalue weighted by Gasteiger charge is 2.30. The molecular weight excluding hydrogens is 258 g/mol. The van der Waals surface area contributed by atoms with E-state index in [1.807, 2.05) is 17.9 Å². The van der Waals surface area contributed by atoms with Gasteiger partial charge >= 0.3 is 0 Å². The van der Waals surface area contributed by atoms with Gasteiger partial charge in [-0.2, -0.15) is 5.10 Å². The third-order valence-corrected chi connectivity index (χ3v) is 4.98. The maximum atomic E-state index is 4.33. The molecule has 3 unspecified atom stereocenters. The van der Waals surface area contributed by atoms with Crippen LogP contribution in [0.3, 0.4) is 0 Å². The van der Waals surface area contributed by atoms with Gasteiger partial charge in [0.25, 0.3) is 0 Å². The fourth-order valence-electron chi connectivity index (χ4n) is 3.63. The first-order valence-electron chi connectivity index (χ1n) is 8.60. The maximum absolute atomic E-state index is 4.33. The summed E-state index contributed by atoms with van der Waals surface area (Å²) in [5.41, 5.74) is 1.63. The topological polar surface area (TPSA) is 29.9 Å². The number of hydrogen-bond donors (Lipinski definition) is 1. The minimum absolute atomic E-state index is 0.223.